The van der Waals surface area contributed by atoms with Crippen molar-refractivity contribution in [2.45, 2.75) is 11.4 Å². The molecule has 0 radical (unpaired) electrons. The van der Waals surface area contributed by atoms with E-state index < -0.39 is 37.0 Å². The molecule has 96 valence electrons. The molecule has 0 aromatic carbocycles. The van der Waals surface area contributed by atoms with Gasteiger partial charge in [0.1, 0.15) is 5.02 Å². The maximum absolute atomic E-state index is 11.9. The van der Waals surface area contributed by atoms with E-state index in [1.54, 1.807) is 0 Å². The third kappa shape index (κ3) is 3.51. The number of pyridine rings is 1. The molecular weight excluding hydrogens is 310 g/mol. The lowest BCUT2D eigenvalue weighted by molar-refractivity contribution is -0.274. The summed E-state index contributed by atoms with van der Waals surface area (Å²) in [7, 11) is 0.423. The number of halogens is 5. The van der Waals surface area contributed by atoms with Crippen molar-refractivity contribution in [3.05, 3.63) is 11.2 Å². The van der Waals surface area contributed by atoms with Gasteiger partial charge in [-0.1, -0.05) is 11.6 Å². The molecule has 0 amide bonds. The number of aromatic nitrogens is 1. The Morgan fingerprint density at radius 1 is 1.41 bits per heavy atom. The molecule has 0 spiro atoms. The van der Waals surface area contributed by atoms with Gasteiger partial charge in [-0.05, 0) is 0 Å². The summed E-state index contributed by atoms with van der Waals surface area (Å²) < 4.78 is 60.6. The second kappa shape index (κ2) is 4.39. The summed E-state index contributed by atoms with van der Waals surface area (Å²) in [4.78, 5) is 3.02. The van der Waals surface area contributed by atoms with Crippen molar-refractivity contribution in [3.8, 4) is 11.5 Å². The number of alkyl halides is 3. The molecule has 0 atom stereocenters. The fraction of sp³-hybridized carbons (Fsp3) is 0.167. The van der Waals surface area contributed by atoms with Crippen LogP contribution in [-0.2, 0) is 9.05 Å². The van der Waals surface area contributed by atoms with E-state index in [0.717, 1.165) is 0 Å². The van der Waals surface area contributed by atoms with Gasteiger partial charge < -0.3 is 9.84 Å². The van der Waals surface area contributed by atoms with E-state index in [1.165, 1.54) is 0 Å². The Morgan fingerprint density at radius 3 is 2.35 bits per heavy atom. The van der Waals surface area contributed by atoms with Crippen LogP contribution in [0.15, 0.2) is 11.2 Å². The summed E-state index contributed by atoms with van der Waals surface area (Å²) in [5, 5.41) is 7.19. The molecule has 0 saturated carbocycles. The molecule has 1 N–H and O–H groups in total. The molecule has 5 nitrogen and oxygen atoms in total. The molecule has 0 fully saturated rings. The second-order valence-corrected chi connectivity index (χ2v) is 5.44. The maximum atomic E-state index is 11.9. The Labute approximate surface area is 102 Å². The van der Waals surface area contributed by atoms with Gasteiger partial charge in [-0.3, -0.25) is 0 Å². The minimum Gasteiger partial charge on any atom is -0.504 e. The number of aromatic hydroxyl groups is 1. The first kappa shape index (κ1) is 14.1. The molecule has 11 heteroatoms. The first-order valence-electron chi connectivity index (χ1n) is 3.60. The molecule has 0 saturated heterocycles. The van der Waals surface area contributed by atoms with Crippen LogP contribution in [0.25, 0.3) is 0 Å². The van der Waals surface area contributed by atoms with E-state index in [2.05, 4.69) is 9.72 Å². The van der Waals surface area contributed by atoms with Crippen molar-refractivity contribution in [1.29, 1.82) is 0 Å². The molecule has 0 aliphatic rings. The highest BCUT2D eigenvalue weighted by Gasteiger charge is 2.34. The van der Waals surface area contributed by atoms with Crippen molar-refractivity contribution < 1.29 is 31.4 Å². The largest absolute Gasteiger partial charge is 0.573 e. The fourth-order valence-corrected chi connectivity index (χ4v) is 1.90. The highest BCUT2D eigenvalue weighted by molar-refractivity contribution is 8.13. The van der Waals surface area contributed by atoms with Gasteiger partial charge in [-0.2, -0.15) is 0 Å². The predicted octanol–water partition coefficient (Wildman–Crippen LogP) is 2.27. The lowest BCUT2D eigenvalue weighted by Crippen LogP contribution is -2.17. The molecule has 0 aliphatic heterocycles. The van der Waals surface area contributed by atoms with Crippen molar-refractivity contribution in [2.75, 3.05) is 0 Å². The average molecular weight is 312 g/mol. The molecule has 0 aliphatic carbocycles. The Morgan fingerprint density at radius 2 is 1.94 bits per heavy atom. The smallest absolute Gasteiger partial charge is 0.504 e. The Bertz CT molecular complexity index is 545. The van der Waals surface area contributed by atoms with Crippen molar-refractivity contribution in [2.24, 2.45) is 0 Å². The standard InChI is InChI=1S/C6H2Cl2F3NO4S/c7-3-2(16-6(9,10)11)1-12-5(4(3)13)17(8,14)15/h1,13H. The first-order chi connectivity index (χ1) is 7.52. The normalized spacial score (nSPS) is 12.5. The third-order valence-electron chi connectivity index (χ3n) is 1.38. The molecule has 17 heavy (non-hydrogen) atoms. The van der Waals surface area contributed by atoms with E-state index >= 15 is 0 Å². The van der Waals surface area contributed by atoms with E-state index in [4.69, 9.17) is 22.3 Å². The average Bonchev–Trinajstić information content (AvgIpc) is 2.08. The number of hydrogen-bond donors (Lipinski definition) is 1. The second-order valence-electron chi connectivity index (χ2n) is 2.58. The third-order valence-corrected chi connectivity index (χ3v) is 2.95. The van der Waals surface area contributed by atoms with Gasteiger partial charge in [-0.15, -0.1) is 13.2 Å². The van der Waals surface area contributed by atoms with Gasteiger partial charge >= 0.3 is 6.36 Å². The van der Waals surface area contributed by atoms with Gasteiger partial charge in [-0.25, -0.2) is 13.4 Å². The summed E-state index contributed by atoms with van der Waals surface area (Å²) >= 11 is 5.27. The van der Waals surface area contributed by atoms with Crippen LogP contribution in [-0.4, -0.2) is 24.9 Å². The zero-order valence-corrected chi connectivity index (χ0v) is 9.82. The number of hydrogen-bond acceptors (Lipinski definition) is 5. The van der Waals surface area contributed by atoms with Crippen LogP contribution in [0.3, 0.4) is 0 Å². The van der Waals surface area contributed by atoms with Gasteiger partial charge in [0.25, 0.3) is 9.05 Å². The summed E-state index contributed by atoms with van der Waals surface area (Å²) in [6.07, 6.45) is -4.68. The molecule has 0 unspecified atom stereocenters. The quantitative estimate of drug-likeness (QED) is 0.848. The zero-order chi connectivity index (χ0) is 13.4. The van der Waals surface area contributed by atoms with Gasteiger partial charge in [0.2, 0.25) is 5.03 Å². The lowest BCUT2D eigenvalue weighted by Gasteiger charge is -2.11. The molecule has 1 rings (SSSR count). The summed E-state index contributed by atoms with van der Waals surface area (Å²) in [5.74, 6) is -2.26. The number of ether oxygens (including phenoxy) is 1. The summed E-state index contributed by atoms with van der Waals surface area (Å²) in [6, 6.07) is 0. The highest BCUT2D eigenvalue weighted by Crippen LogP contribution is 2.39. The fourth-order valence-electron chi connectivity index (χ4n) is 0.820. The van der Waals surface area contributed by atoms with E-state index in [1.807, 2.05) is 0 Å². The van der Waals surface area contributed by atoms with Crippen LogP contribution in [0, 0.1) is 0 Å². The van der Waals surface area contributed by atoms with Crippen LogP contribution < -0.4 is 4.74 Å². The highest BCUT2D eigenvalue weighted by atomic mass is 35.7. The van der Waals surface area contributed by atoms with Gasteiger partial charge in [0, 0.05) is 10.7 Å². The van der Waals surface area contributed by atoms with Crippen LogP contribution in [0.5, 0.6) is 11.5 Å². The lowest BCUT2D eigenvalue weighted by atomic mass is 10.4. The van der Waals surface area contributed by atoms with E-state index in [-0.39, 0.29) is 0 Å². The van der Waals surface area contributed by atoms with Gasteiger partial charge in [0.05, 0.1) is 6.20 Å². The zero-order valence-electron chi connectivity index (χ0n) is 7.49. The van der Waals surface area contributed by atoms with Crippen LogP contribution >= 0.6 is 22.3 Å². The molecule has 1 aromatic rings. The molecule has 1 aromatic heterocycles. The Hall–Kier alpha value is -0.930. The Balaban J connectivity index is 3.30. The van der Waals surface area contributed by atoms with Crippen LogP contribution in [0.1, 0.15) is 0 Å². The predicted molar refractivity (Wildman–Crippen MR) is 50.6 cm³/mol. The minimum absolute atomic E-state index is 0.380. The molecule has 0 bridgehead atoms. The summed E-state index contributed by atoms with van der Waals surface area (Å²) in [6.45, 7) is 0. The van der Waals surface area contributed by atoms with Gasteiger partial charge in [0.15, 0.2) is 11.5 Å². The molecular formula is C6H2Cl2F3NO4S. The number of rotatable bonds is 2. The minimum atomic E-state index is -5.06. The Kier molecular flexibility index (Phi) is 3.65. The van der Waals surface area contributed by atoms with Crippen molar-refractivity contribution in [1.82, 2.24) is 4.98 Å². The SMILES string of the molecule is O=S(=O)(Cl)c1ncc(OC(F)(F)F)c(Cl)c1O. The monoisotopic (exact) mass is 311 g/mol. The first-order valence-corrected chi connectivity index (χ1v) is 6.29. The molecule has 1 heterocycles. The van der Waals surface area contributed by atoms with Crippen molar-refractivity contribution in [3.63, 3.8) is 0 Å². The topological polar surface area (TPSA) is 76.5 Å². The van der Waals surface area contributed by atoms with E-state index in [0.29, 0.717) is 6.20 Å². The summed E-state index contributed by atoms with van der Waals surface area (Å²) in [5.41, 5.74) is 0. The van der Waals surface area contributed by atoms with Crippen LogP contribution in [0.2, 0.25) is 5.02 Å². The van der Waals surface area contributed by atoms with Crippen LogP contribution in [0.4, 0.5) is 13.2 Å². The maximum Gasteiger partial charge on any atom is 0.573 e. The number of nitrogens with zero attached hydrogens (tertiary/aromatic N) is 1. The van der Waals surface area contributed by atoms with E-state index in [9.17, 15) is 26.7 Å². The van der Waals surface area contributed by atoms with Crippen molar-refractivity contribution >= 4 is 31.3 Å².